The molecule has 1 heterocycles. The summed E-state index contributed by atoms with van der Waals surface area (Å²) in [4.78, 5) is 7.67. The molecule has 0 bridgehead atoms. The lowest BCUT2D eigenvalue weighted by molar-refractivity contribution is 0.456. The van der Waals surface area contributed by atoms with Gasteiger partial charge in [0.05, 0.1) is 0 Å². The van der Waals surface area contributed by atoms with Gasteiger partial charge in [0.1, 0.15) is 4.88 Å². The van der Waals surface area contributed by atoms with E-state index in [1.807, 2.05) is 0 Å². The minimum Gasteiger partial charge on any atom is -0.494 e. The maximum Gasteiger partial charge on any atom is 0.209 e. The predicted octanol–water partition coefficient (Wildman–Crippen LogP) is 3.90. The summed E-state index contributed by atoms with van der Waals surface area (Å²) >= 11 is 6.26. The molecule has 0 unspecified atom stereocenters. The van der Waals surface area contributed by atoms with Crippen LogP contribution < -0.4 is 0 Å². The van der Waals surface area contributed by atoms with Crippen molar-refractivity contribution < 1.29 is 5.11 Å². The molecule has 0 atom stereocenters. The Morgan fingerprint density at radius 2 is 2.12 bits per heavy atom. The van der Waals surface area contributed by atoms with Crippen molar-refractivity contribution in [1.29, 1.82) is 0 Å². The molecule has 1 aromatic heterocycles. The van der Waals surface area contributed by atoms with E-state index in [0.717, 1.165) is 17.8 Å². The van der Waals surface area contributed by atoms with Crippen molar-refractivity contribution >= 4 is 29.8 Å². The van der Waals surface area contributed by atoms with Gasteiger partial charge in [-0.1, -0.05) is 43.9 Å². The zero-order valence-electron chi connectivity index (χ0n) is 9.53. The second-order valence-corrected chi connectivity index (χ2v) is 5.40. The average molecular weight is 258 g/mol. The van der Waals surface area contributed by atoms with Crippen molar-refractivity contribution in [3.63, 3.8) is 0 Å². The van der Waals surface area contributed by atoms with E-state index in [1.165, 1.54) is 37.0 Å². The highest BCUT2D eigenvalue weighted by molar-refractivity contribution is 7.73. The smallest absolute Gasteiger partial charge is 0.209 e. The molecule has 0 fully saturated rings. The molecule has 1 aromatic rings. The van der Waals surface area contributed by atoms with E-state index < -0.39 is 0 Å². The van der Waals surface area contributed by atoms with E-state index >= 15 is 0 Å². The molecule has 0 saturated heterocycles. The lowest BCUT2D eigenvalue weighted by atomic mass is 10.2. The van der Waals surface area contributed by atoms with Gasteiger partial charge < -0.3 is 10.1 Å². The number of aromatic nitrogens is 1. The van der Waals surface area contributed by atoms with Gasteiger partial charge in [-0.25, -0.2) is 0 Å². The molecule has 0 aromatic carbocycles. The lowest BCUT2D eigenvalue weighted by Crippen LogP contribution is -1.84. The predicted molar refractivity (Wildman–Crippen MR) is 72.4 cm³/mol. The Kier molecular flexibility index (Phi) is 6.33. The van der Waals surface area contributed by atoms with E-state index in [-0.39, 0.29) is 5.88 Å². The Balaban J connectivity index is 2.22. The summed E-state index contributed by atoms with van der Waals surface area (Å²) in [5.41, 5.74) is 0. The molecule has 0 aliphatic carbocycles. The Morgan fingerprint density at radius 1 is 1.38 bits per heavy atom. The fourth-order valence-electron chi connectivity index (χ4n) is 1.37. The van der Waals surface area contributed by atoms with Crippen LogP contribution in [0.1, 0.15) is 43.9 Å². The molecule has 0 aliphatic rings. The summed E-state index contributed by atoms with van der Waals surface area (Å²) in [5.74, 6) is 0.129. The molecular formula is C11H18N2OS2. The second-order valence-electron chi connectivity index (χ2n) is 3.68. The van der Waals surface area contributed by atoms with Gasteiger partial charge in [-0.2, -0.15) is 0 Å². The number of hydrogen-bond donors (Lipinski definition) is 2. The number of rotatable bonds is 7. The third-order valence-corrected chi connectivity index (χ3v) is 3.41. The number of hydrogen-bond acceptors (Lipinski definition) is 4. The van der Waals surface area contributed by atoms with E-state index in [1.54, 1.807) is 6.21 Å². The zero-order chi connectivity index (χ0) is 11.8. The summed E-state index contributed by atoms with van der Waals surface area (Å²) in [5, 5.41) is 9.40. The number of nitrogens with one attached hydrogen (secondary N) is 1. The van der Waals surface area contributed by atoms with Gasteiger partial charge in [0.15, 0.2) is 3.95 Å². The largest absolute Gasteiger partial charge is 0.494 e. The van der Waals surface area contributed by atoms with Gasteiger partial charge >= 0.3 is 0 Å². The van der Waals surface area contributed by atoms with E-state index in [4.69, 9.17) is 12.2 Å². The fourth-order valence-corrected chi connectivity index (χ4v) is 2.36. The molecule has 2 N–H and O–H groups in total. The molecule has 5 heteroatoms. The number of nitrogens with zero attached hydrogens (tertiary/aromatic N) is 1. The van der Waals surface area contributed by atoms with Crippen LogP contribution in [0.25, 0.3) is 0 Å². The van der Waals surface area contributed by atoms with Crippen molar-refractivity contribution in [2.75, 3.05) is 6.54 Å². The maximum atomic E-state index is 9.40. The number of aliphatic imine (C=N–C) groups is 1. The van der Waals surface area contributed by atoms with Crippen LogP contribution in [0.3, 0.4) is 0 Å². The van der Waals surface area contributed by atoms with E-state index in [9.17, 15) is 5.11 Å². The van der Waals surface area contributed by atoms with Crippen LogP contribution in [-0.2, 0) is 0 Å². The first-order valence-corrected chi connectivity index (χ1v) is 6.88. The van der Waals surface area contributed by atoms with Crippen molar-refractivity contribution in [3.8, 4) is 5.88 Å². The number of aromatic hydroxyl groups is 1. The van der Waals surface area contributed by atoms with Gasteiger partial charge in [-0.3, -0.25) is 4.99 Å². The molecule has 0 aliphatic heterocycles. The topological polar surface area (TPSA) is 48.4 Å². The normalized spacial score (nSPS) is 11.3. The van der Waals surface area contributed by atoms with Crippen LogP contribution in [-0.4, -0.2) is 22.8 Å². The Morgan fingerprint density at radius 3 is 2.75 bits per heavy atom. The molecule has 0 radical (unpaired) electrons. The SMILES string of the molecule is CCCCCCCN=Cc1sc(=S)[nH]c1O. The summed E-state index contributed by atoms with van der Waals surface area (Å²) in [6.07, 6.45) is 7.92. The van der Waals surface area contributed by atoms with E-state index in [0.29, 0.717) is 3.95 Å². The molecule has 1 rings (SSSR count). The average Bonchev–Trinajstić information content (AvgIpc) is 2.56. The minimum atomic E-state index is 0.129. The highest BCUT2D eigenvalue weighted by atomic mass is 32.1. The van der Waals surface area contributed by atoms with Gasteiger partial charge in [0, 0.05) is 12.8 Å². The Hall–Kier alpha value is -0.680. The van der Waals surface area contributed by atoms with Crippen LogP contribution >= 0.6 is 23.6 Å². The molecule has 0 amide bonds. The fraction of sp³-hybridized carbons (Fsp3) is 0.636. The van der Waals surface area contributed by atoms with Crippen LogP contribution in [0, 0.1) is 3.95 Å². The summed E-state index contributed by atoms with van der Waals surface area (Å²) in [6, 6.07) is 0. The zero-order valence-corrected chi connectivity index (χ0v) is 11.2. The first kappa shape index (κ1) is 13.4. The summed E-state index contributed by atoms with van der Waals surface area (Å²) in [6.45, 7) is 3.04. The molecule has 0 saturated carbocycles. The third-order valence-electron chi connectivity index (χ3n) is 2.26. The number of H-pyrrole nitrogens is 1. The molecular weight excluding hydrogens is 240 g/mol. The molecule has 16 heavy (non-hydrogen) atoms. The van der Waals surface area contributed by atoms with E-state index in [2.05, 4.69) is 16.9 Å². The lowest BCUT2D eigenvalue weighted by Gasteiger charge is -1.95. The van der Waals surface area contributed by atoms with Crippen LogP contribution in [0.2, 0.25) is 0 Å². The number of unbranched alkanes of at least 4 members (excludes halogenated alkanes) is 4. The van der Waals surface area contributed by atoms with Crippen molar-refractivity contribution in [2.45, 2.75) is 39.0 Å². The van der Waals surface area contributed by atoms with Crippen LogP contribution in [0.4, 0.5) is 0 Å². The third kappa shape index (κ3) is 4.90. The Bertz CT molecular complexity index is 382. The molecule has 90 valence electrons. The second kappa shape index (κ2) is 7.57. The van der Waals surface area contributed by atoms with Crippen molar-refractivity contribution in [2.24, 2.45) is 4.99 Å². The van der Waals surface area contributed by atoms with Gasteiger partial charge in [-0.05, 0) is 18.6 Å². The monoisotopic (exact) mass is 258 g/mol. The Labute approximate surface area is 105 Å². The summed E-state index contributed by atoms with van der Waals surface area (Å²) in [7, 11) is 0. The van der Waals surface area contributed by atoms with Crippen molar-refractivity contribution in [3.05, 3.63) is 8.83 Å². The van der Waals surface area contributed by atoms with Crippen LogP contribution in [0.5, 0.6) is 5.88 Å². The number of thiazole rings is 1. The number of aromatic amines is 1. The highest BCUT2D eigenvalue weighted by Crippen LogP contribution is 2.18. The van der Waals surface area contributed by atoms with Gasteiger partial charge in [0.2, 0.25) is 5.88 Å². The summed E-state index contributed by atoms with van der Waals surface area (Å²) < 4.78 is 0.585. The van der Waals surface area contributed by atoms with Crippen molar-refractivity contribution in [1.82, 2.24) is 4.98 Å². The van der Waals surface area contributed by atoms with Gasteiger partial charge in [-0.15, -0.1) is 0 Å². The minimum absolute atomic E-state index is 0.129. The maximum absolute atomic E-state index is 9.40. The highest BCUT2D eigenvalue weighted by Gasteiger charge is 2.00. The first-order valence-electron chi connectivity index (χ1n) is 5.66. The molecule has 0 spiro atoms. The quantitative estimate of drug-likeness (QED) is 0.442. The first-order chi connectivity index (χ1) is 7.74. The molecule has 3 nitrogen and oxygen atoms in total. The standard InChI is InChI=1S/C11H18N2OS2/c1-2-3-4-5-6-7-12-8-9-10(14)13-11(15)16-9/h8,14H,2-7H2,1H3,(H,13,15). The van der Waals surface area contributed by atoms with Crippen LogP contribution in [0.15, 0.2) is 4.99 Å². The van der Waals surface area contributed by atoms with Gasteiger partial charge in [0.25, 0.3) is 0 Å².